The number of nitrogens with two attached hydrogens (primary N) is 2. The van der Waals surface area contributed by atoms with E-state index in [1.807, 2.05) is 97.1 Å². The molecule has 0 aliphatic heterocycles. The zero-order valence-electron chi connectivity index (χ0n) is 29.3. The zero-order valence-corrected chi connectivity index (χ0v) is 29.3. The Morgan fingerprint density at radius 1 is 0.528 bits per heavy atom. The highest BCUT2D eigenvalue weighted by Crippen LogP contribution is 2.46. The molecule has 0 fully saturated rings. The van der Waals surface area contributed by atoms with E-state index < -0.39 is 29.3 Å². The molecule has 0 bridgehead atoms. The van der Waals surface area contributed by atoms with E-state index >= 15 is 0 Å². The molecule has 0 heterocycles. The summed E-state index contributed by atoms with van der Waals surface area (Å²) < 4.78 is 21.3. The van der Waals surface area contributed by atoms with Crippen LogP contribution in [0.5, 0.6) is 0 Å². The molecule has 4 aromatic carbocycles. The summed E-state index contributed by atoms with van der Waals surface area (Å²) in [5.41, 5.74) is 20.6. The van der Waals surface area contributed by atoms with E-state index in [4.69, 9.17) is 30.4 Å². The fourth-order valence-corrected chi connectivity index (χ4v) is 6.16. The van der Waals surface area contributed by atoms with E-state index in [1.165, 1.54) is 0 Å². The van der Waals surface area contributed by atoms with Crippen LogP contribution >= 0.6 is 0 Å². The first-order chi connectivity index (χ1) is 25.4. The topological polar surface area (TPSA) is 157 Å². The Balaban J connectivity index is 0.938. The maximum Gasteiger partial charge on any atom is 0.355 e. The van der Waals surface area contributed by atoms with E-state index in [1.54, 1.807) is 13.8 Å². The Morgan fingerprint density at radius 3 is 1.26 bits per heavy atom. The van der Waals surface area contributed by atoms with E-state index in [0.29, 0.717) is 16.7 Å². The Labute approximate surface area is 307 Å². The van der Waals surface area contributed by atoms with Gasteiger partial charge in [-0.15, -0.1) is 0 Å². The number of ether oxygens (including phenoxy) is 4. The number of hydrogen-bond donors (Lipinski definition) is 2. The molecule has 0 atom stereocenters. The molecule has 0 amide bonds. The monoisotopic (exact) mass is 710 g/mol. The number of carbonyl (C=O) groups excluding carboxylic acids is 4. The maximum atomic E-state index is 13.0. The predicted octanol–water partition coefficient (Wildman–Crippen LogP) is 6.10. The summed E-state index contributed by atoms with van der Waals surface area (Å²) in [7, 11) is 0. The van der Waals surface area contributed by atoms with E-state index in [2.05, 4.69) is 6.58 Å². The number of rotatable bonds is 12. The third-order valence-electron chi connectivity index (χ3n) is 8.73. The summed E-state index contributed by atoms with van der Waals surface area (Å²) in [6.45, 7) is 6.60. The van der Waals surface area contributed by atoms with Crippen LogP contribution in [0.15, 0.2) is 133 Å². The van der Waals surface area contributed by atoms with Crippen molar-refractivity contribution in [2.75, 3.05) is 26.4 Å². The lowest BCUT2D eigenvalue weighted by Crippen LogP contribution is -2.29. The number of hydrogen-bond acceptors (Lipinski definition) is 10. The van der Waals surface area contributed by atoms with E-state index in [-0.39, 0.29) is 37.8 Å². The number of carbonyl (C=O) groups is 4. The molecule has 0 saturated heterocycles. The lowest BCUT2D eigenvalue weighted by molar-refractivity contribution is -0.147. The minimum absolute atomic E-state index is 0.0136. The average Bonchev–Trinajstić information content (AvgIpc) is 3.69. The molecule has 0 radical (unpaired) electrons. The van der Waals surface area contributed by atoms with Gasteiger partial charge >= 0.3 is 23.9 Å². The van der Waals surface area contributed by atoms with Crippen molar-refractivity contribution in [1.82, 2.24) is 0 Å². The third kappa shape index (κ3) is 7.82. The first-order valence-corrected chi connectivity index (χ1v) is 16.9. The van der Waals surface area contributed by atoms with Crippen LogP contribution in [0, 0.1) is 5.41 Å². The molecule has 10 nitrogen and oxygen atoms in total. The Morgan fingerprint density at radius 2 is 0.849 bits per heavy atom. The van der Waals surface area contributed by atoms with Crippen LogP contribution in [0.3, 0.4) is 0 Å². The molecule has 0 spiro atoms. The van der Waals surface area contributed by atoms with Crippen molar-refractivity contribution in [3.63, 3.8) is 0 Å². The van der Waals surface area contributed by atoms with Gasteiger partial charge in [-0.25, -0.2) is 19.2 Å². The third-order valence-corrected chi connectivity index (χ3v) is 8.73. The molecule has 6 rings (SSSR count). The highest BCUT2D eigenvalue weighted by atomic mass is 16.6. The summed E-state index contributed by atoms with van der Waals surface area (Å²) in [5, 5.41) is 0. The fraction of sp³-hybridized carbons (Fsp3) is 0.163. The molecular formula is C43H38N2O8. The number of benzene rings is 4. The number of fused-ring (bicyclic) bond motifs is 6. The van der Waals surface area contributed by atoms with Crippen LogP contribution in [-0.4, -0.2) is 50.3 Å². The van der Waals surface area contributed by atoms with Crippen molar-refractivity contribution >= 4 is 35.0 Å². The second kappa shape index (κ2) is 15.3. The summed E-state index contributed by atoms with van der Waals surface area (Å²) in [4.78, 5) is 50.5. The lowest BCUT2D eigenvalue weighted by atomic mass is 9.96. The Kier molecular flexibility index (Phi) is 10.4. The summed E-state index contributed by atoms with van der Waals surface area (Å²) in [6.07, 6.45) is 1.84. The minimum atomic E-state index is -0.831. The largest absolute Gasteiger partial charge is 0.462 e. The van der Waals surface area contributed by atoms with Crippen LogP contribution in [0.2, 0.25) is 0 Å². The Hall–Kier alpha value is -6.68. The van der Waals surface area contributed by atoms with Crippen molar-refractivity contribution in [3.8, 4) is 22.3 Å². The van der Waals surface area contributed by atoms with Crippen LogP contribution in [0.4, 0.5) is 0 Å². The molecule has 0 saturated carbocycles. The normalized spacial score (nSPS) is 12.3. The van der Waals surface area contributed by atoms with Gasteiger partial charge in [-0.2, -0.15) is 0 Å². The van der Waals surface area contributed by atoms with E-state index in [9.17, 15) is 19.2 Å². The Bertz CT molecular complexity index is 2150. The summed E-state index contributed by atoms with van der Waals surface area (Å²) in [5.74, 6) is -3.05. The van der Waals surface area contributed by atoms with Gasteiger partial charge in [0.25, 0.3) is 0 Å². The van der Waals surface area contributed by atoms with Gasteiger partial charge in [-0.3, -0.25) is 0 Å². The van der Waals surface area contributed by atoms with Crippen molar-refractivity contribution in [1.29, 1.82) is 0 Å². The van der Waals surface area contributed by atoms with Crippen LogP contribution in [0.25, 0.3) is 33.4 Å². The molecular weight excluding hydrogens is 672 g/mol. The van der Waals surface area contributed by atoms with Crippen LogP contribution in [0.1, 0.15) is 36.1 Å². The minimum Gasteiger partial charge on any atom is -0.462 e. The molecule has 268 valence electrons. The van der Waals surface area contributed by atoms with Crippen molar-refractivity contribution < 1.29 is 38.1 Å². The molecule has 2 aliphatic carbocycles. The second-order valence-corrected chi connectivity index (χ2v) is 13.4. The highest BCUT2D eigenvalue weighted by molar-refractivity contribution is 6.10. The molecule has 0 aromatic heterocycles. The zero-order chi connectivity index (χ0) is 37.7. The van der Waals surface area contributed by atoms with Crippen LogP contribution in [-0.2, 0) is 38.1 Å². The van der Waals surface area contributed by atoms with Gasteiger partial charge in [0.1, 0.15) is 31.2 Å². The maximum absolute atomic E-state index is 13.0. The molecule has 4 aromatic rings. The molecule has 2 aliphatic rings. The predicted molar refractivity (Wildman–Crippen MR) is 200 cm³/mol. The SMILES string of the molecule is C=C(COC(=O)/C=C/C(=O)OCC(C)(C)COC(=O)C(N)=C1c2ccccc2-c2ccccc21)COC(=O)C(N)=C1c2ccccc2-c2ccccc21. The van der Waals surface area contributed by atoms with Crippen molar-refractivity contribution in [2.45, 2.75) is 13.8 Å². The van der Waals surface area contributed by atoms with Gasteiger partial charge in [0.15, 0.2) is 0 Å². The fourth-order valence-electron chi connectivity index (χ4n) is 6.16. The molecule has 4 N–H and O–H groups in total. The van der Waals surface area contributed by atoms with Crippen LogP contribution < -0.4 is 11.5 Å². The van der Waals surface area contributed by atoms with Gasteiger partial charge in [-0.1, -0.05) is 117 Å². The average molecular weight is 711 g/mol. The second-order valence-electron chi connectivity index (χ2n) is 13.4. The van der Waals surface area contributed by atoms with E-state index in [0.717, 1.165) is 56.7 Å². The van der Waals surface area contributed by atoms with Crippen molar-refractivity contribution in [3.05, 3.63) is 155 Å². The standard InChI is InChI=1S/C43H38N2O8/c1-26(23-51-41(48)39(44)37-31-16-8-4-12-27(31)28-13-5-9-17-32(28)37)22-50-35(46)20-21-36(47)52-24-43(2,3)25-53-42(49)40(45)38-33-18-10-6-14-29(33)30-15-7-11-19-34(30)38/h4-21H,1,22-25,44-45H2,2-3H3/b21-20+. The van der Waals surface area contributed by atoms with Gasteiger partial charge < -0.3 is 30.4 Å². The molecule has 0 unspecified atom stereocenters. The van der Waals surface area contributed by atoms with Gasteiger partial charge in [0.2, 0.25) is 0 Å². The summed E-state index contributed by atoms with van der Waals surface area (Å²) >= 11 is 0. The smallest absolute Gasteiger partial charge is 0.355 e. The highest BCUT2D eigenvalue weighted by Gasteiger charge is 2.30. The van der Waals surface area contributed by atoms with Gasteiger partial charge in [0, 0.05) is 28.7 Å². The molecule has 10 heteroatoms. The first-order valence-electron chi connectivity index (χ1n) is 16.9. The summed E-state index contributed by atoms with van der Waals surface area (Å²) in [6, 6.07) is 30.7. The first kappa shape index (κ1) is 36.1. The number of esters is 4. The lowest BCUT2D eigenvalue weighted by Gasteiger charge is -2.23. The quantitative estimate of drug-likeness (QED) is 0.0659. The van der Waals surface area contributed by atoms with Gasteiger partial charge in [-0.05, 0) is 50.1 Å². The molecule has 53 heavy (non-hydrogen) atoms. The van der Waals surface area contributed by atoms with Gasteiger partial charge in [0.05, 0.1) is 6.61 Å². The van der Waals surface area contributed by atoms with Crippen molar-refractivity contribution in [2.24, 2.45) is 16.9 Å².